The second-order valence-corrected chi connectivity index (χ2v) is 23.3. The number of halogens is 2. The van der Waals surface area contributed by atoms with E-state index in [9.17, 15) is 10.2 Å². The van der Waals surface area contributed by atoms with E-state index in [0.717, 1.165) is 77.9 Å². The Morgan fingerprint density at radius 1 is 0.492 bits per heavy atom. The van der Waals surface area contributed by atoms with E-state index in [4.69, 9.17) is 26.5 Å². The van der Waals surface area contributed by atoms with Crippen molar-refractivity contribution in [1.29, 1.82) is 0 Å². The molecule has 332 valence electrons. The Morgan fingerprint density at radius 3 is 1.10 bits per heavy atom. The van der Waals surface area contributed by atoms with Gasteiger partial charge >= 0.3 is 37.9 Å². The van der Waals surface area contributed by atoms with Crippen molar-refractivity contribution >= 4 is 17.0 Å². The van der Waals surface area contributed by atoms with E-state index in [0.29, 0.717) is 24.7 Å². The van der Waals surface area contributed by atoms with E-state index in [2.05, 4.69) is 145 Å². The van der Waals surface area contributed by atoms with E-state index in [-0.39, 0.29) is 34.2 Å². The van der Waals surface area contributed by atoms with Crippen molar-refractivity contribution < 1.29 is 40.5 Å². The molecular formula is C56H66Cl2O4Zr. The van der Waals surface area contributed by atoms with Gasteiger partial charge in [0.2, 0.25) is 0 Å². The van der Waals surface area contributed by atoms with Gasteiger partial charge in [-0.15, -0.1) is 0 Å². The van der Waals surface area contributed by atoms with Gasteiger partial charge in [-0.3, -0.25) is 0 Å². The number of ether oxygens (including phenoxy) is 2. The SMILES string of the molecule is Cc1cc(C)c(-c2cc(C(C)(C)C)cc(-c3ccccc3OCC(COc3ccccc3-c3cc(C(C)(C)C)cc(-c4c(C)cc(C)cc4C)c3O)C(C)C)c2O)c(C)c1.[Cl][Zr][Cl]. The van der Waals surface area contributed by atoms with Crippen molar-refractivity contribution in [2.24, 2.45) is 11.8 Å². The minimum atomic E-state index is -0.826. The molecule has 63 heavy (non-hydrogen) atoms. The summed E-state index contributed by atoms with van der Waals surface area (Å²) in [7, 11) is 9.87. The van der Waals surface area contributed by atoms with Crippen LogP contribution >= 0.6 is 17.0 Å². The van der Waals surface area contributed by atoms with Crippen molar-refractivity contribution in [2.45, 2.75) is 108 Å². The molecule has 0 radical (unpaired) electrons. The third kappa shape index (κ3) is 11.8. The van der Waals surface area contributed by atoms with E-state index >= 15 is 0 Å². The molecule has 0 saturated heterocycles. The fraction of sp³-hybridized carbons (Fsp3) is 0.357. The third-order valence-electron chi connectivity index (χ3n) is 12.0. The standard InChI is InChI=1S/C56H66O4.2ClH.Zr/c1-33(2)40(31-59-49-21-17-15-19-43(49)45-27-41(55(9,10)11)29-47(53(45)57)51-36(5)23-34(3)24-37(51)6)32-60-50-22-18-16-20-44(50)46-28-42(56(12,13)14)30-48(54(46)58)52-38(7)25-35(4)26-39(52)8;;;/h15-30,33,40,57-58H,31-32H2,1-14H3;2*1H;/q;;;+2/p-2. The molecule has 0 heterocycles. The molecule has 0 atom stereocenters. The molecule has 0 fully saturated rings. The van der Waals surface area contributed by atoms with Crippen molar-refractivity contribution in [1.82, 2.24) is 0 Å². The molecule has 6 aromatic carbocycles. The van der Waals surface area contributed by atoms with Gasteiger partial charge in [0.05, 0.1) is 13.2 Å². The van der Waals surface area contributed by atoms with Crippen LogP contribution in [0.4, 0.5) is 0 Å². The number of phenols is 2. The first-order chi connectivity index (χ1) is 29.6. The van der Waals surface area contributed by atoms with Crippen molar-refractivity contribution in [3.63, 3.8) is 0 Å². The normalized spacial score (nSPS) is 11.7. The van der Waals surface area contributed by atoms with Gasteiger partial charge in [0.25, 0.3) is 0 Å². The number of para-hydroxylation sites is 2. The van der Waals surface area contributed by atoms with Crippen LogP contribution in [0.2, 0.25) is 0 Å². The molecule has 0 aliphatic rings. The topological polar surface area (TPSA) is 58.9 Å². The molecule has 0 bridgehead atoms. The number of phenolic OH excluding ortho intramolecular Hbond substituents is 2. The molecule has 0 amide bonds. The predicted octanol–water partition coefficient (Wildman–Crippen LogP) is 16.3. The van der Waals surface area contributed by atoms with Gasteiger partial charge in [-0.25, -0.2) is 0 Å². The average Bonchev–Trinajstić information content (AvgIpc) is 3.18. The quantitative estimate of drug-likeness (QED) is 0.136. The van der Waals surface area contributed by atoms with Crippen molar-refractivity contribution in [3.05, 3.63) is 142 Å². The van der Waals surface area contributed by atoms with Crippen LogP contribution in [-0.2, 0) is 31.7 Å². The van der Waals surface area contributed by atoms with Gasteiger partial charge in [-0.2, -0.15) is 0 Å². The monoisotopic (exact) mass is 962 g/mol. The minimum absolute atomic E-state index is 0.0389. The Kier molecular flexibility index (Phi) is 16.6. The molecule has 0 spiro atoms. The van der Waals surface area contributed by atoms with Crippen LogP contribution in [0.3, 0.4) is 0 Å². The van der Waals surface area contributed by atoms with Gasteiger partial charge in [0, 0.05) is 39.3 Å². The van der Waals surface area contributed by atoms with Crippen LogP contribution in [-0.4, -0.2) is 23.4 Å². The Hall–Kier alpha value is -4.02. The first-order valence-corrected chi connectivity index (χ1v) is 28.2. The van der Waals surface area contributed by atoms with E-state index in [1.54, 1.807) is 0 Å². The summed E-state index contributed by atoms with van der Waals surface area (Å²) in [6.07, 6.45) is 0. The second kappa shape index (κ2) is 20.9. The zero-order chi connectivity index (χ0) is 46.6. The third-order valence-corrected chi connectivity index (χ3v) is 12.0. The second-order valence-electron chi connectivity index (χ2n) is 19.6. The van der Waals surface area contributed by atoms with Crippen LogP contribution in [0.5, 0.6) is 23.0 Å². The van der Waals surface area contributed by atoms with Crippen LogP contribution in [0.1, 0.15) is 99.9 Å². The fourth-order valence-corrected chi connectivity index (χ4v) is 8.59. The van der Waals surface area contributed by atoms with Crippen molar-refractivity contribution in [3.8, 4) is 67.5 Å². The average molecular weight is 965 g/mol. The maximum atomic E-state index is 12.1. The van der Waals surface area contributed by atoms with Crippen LogP contribution in [0.15, 0.2) is 97.1 Å². The van der Waals surface area contributed by atoms with E-state index in [1.165, 1.54) is 11.1 Å². The predicted molar refractivity (Wildman–Crippen MR) is 265 cm³/mol. The number of hydrogen-bond donors (Lipinski definition) is 2. The molecule has 0 aromatic heterocycles. The first kappa shape index (κ1) is 50.0. The number of aromatic hydroxyl groups is 2. The van der Waals surface area contributed by atoms with Gasteiger partial charge in [0.15, 0.2) is 0 Å². The van der Waals surface area contributed by atoms with Crippen LogP contribution < -0.4 is 9.47 Å². The van der Waals surface area contributed by atoms with E-state index < -0.39 is 20.8 Å². The van der Waals surface area contributed by atoms with Crippen LogP contribution in [0.25, 0.3) is 44.5 Å². The van der Waals surface area contributed by atoms with Crippen LogP contribution in [0, 0.1) is 53.4 Å². The summed E-state index contributed by atoms with van der Waals surface area (Å²) in [5.41, 5.74) is 16.0. The number of hydrogen-bond acceptors (Lipinski definition) is 4. The summed E-state index contributed by atoms with van der Waals surface area (Å²) in [4.78, 5) is 0. The molecule has 0 aliphatic heterocycles. The maximum absolute atomic E-state index is 12.1. The summed E-state index contributed by atoms with van der Waals surface area (Å²) < 4.78 is 13.5. The Bertz CT molecular complexity index is 2340. The molecule has 2 N–H and O–H groups in total. The van der Waals surface area contributed by atoms with Gasteiger partial charge in [0.1, 0.15) is 23.0 Å². The van der Waals surface area contributed by atoms with Gasteiger partial charge in [-0.05, 0) is 139 Å². The zero-order valence-corrected chi connectivity index (χ0v) is 43.7. The molecule has 6 rings (SSSR count). The summed E-state index contributed by atoms with van der Waals surface area (Å²) >= 11 is -0.826. The zero-order valence-electron chi connectivity index (χ0n) is 39.8. The van der Waals surface area contributed by atoms with Crippen molar-refractivity contribution in [2.75, 3.05) is 13.2 Å². The molecule has 4 nitrogen and oxygen atoms in total. The first-order valence-electron chi connectivity index (χ1n) is 21.9. The molecule has 7 heteroatoms. The molecule has 6 aromatic rings. The Labute approximate surface area is 396 Å². The molecule has 0 aliphatic carbocycles. The summed E-state index contributed by atoms with van der Waals surface area (Å²) in [5.74, 6) is 2.22. The Balaban J connectivity index is 0.00000242. The number of aryl methyl sites for hydroxylation is 6. The fourth-order valence-electron chi connectivity index (χ4n) is 8.59. The number of benzene rings is 6. The van der Waals surface area contributed by atoms with Gasteiger partial charge < -0.3 is 19.7 Å². The summed E-state index contributed by atoms with van der Waals surface area (Å²) in [6.45, 7) is 31.2. The molecular weight excluding hydrogens is 899 g/mol. The summed E-state index contributed by atoms with van der Waals surface area (Å²) in [6, 6.07) is 33.3. The van der Waals surface area contributed by atoms with E-state index in [1.807, 2.05) is 48.5 Å². The molecule has 0 unspecified atom stereocenters. The number of rotatable bonds is 11. The Morgan fingerprint density at radius 2 is 0.794 bits per heavy atom. The summed E-state index contributed by atoms with van der Waals surface area (Å²) in [5, 5.41) is 24.3. The van der Waals surface area contributed by atoms with Gasteiger partial charge in [-0.1, -0.05) is 127 Å². The molecule has 0 saturated carbocycles.